The summed E-state index contributed by atoms with van der Waals surface area (Å²) in [5, 5.41) is 2.93. The molecule has 1 N–H and O–H groups in total. The summed E-state index contributed by atoms with van der Waals surface area (Å²) in [5.74, 6) is 0.706. The minimum absolute atomic E-state index is 0.0880. The quantitative estimate of drug-likeness (QED) is 0.808. The van der Waals surface area contributed by atoms with Crippen molar-refractivity contribution in [1.29, 1.82) is 0 Å². The van der Waals surface area contributed by atoms with Gasteiger partial charge in [-0.2, -0.15) is 4.98 Å². The number of carbonyl (C=O) groups excluding carboxylic acids is 1. The first kappa shape index (κ1) is 20.9. The Morgan fingerprint density at radius 1 is 1.21 bits per heavy atom. The molecular weight excluding hydrogens is 366 g/mol. The van der Waals surface area contributed by atoms with Crippen molar-refractivity contribution in [2.24, 2.45) is 0 Å². The molecule has 0 saturated carbocycles. The van der Waals surface area contributed by atoms with Crippen molar-refractivity contribution >= 4 is 17.5 Å². The highest BCUT2D eigenvalue weighted by atomic mass is 16.5. The van der Waals surface area contributed by atoms with Crippen molar-refractivity contribution in [2.75, 3.05) is 43.1 Å². The van der Waals surface area contributed by atoms with E-state index in [2.05, 4.69) is 57.1 Å². The molecule has 2 heterocycles. The molecule has 1 saturated heterocycles. The molecule has 7 heteroatoms. The summed E-state index contributed by atoms with van der Waals surface area (Å²) in [4.78, 5) is 26.0. The highest BCUT2D eigenvalue weighted by Crippen LogP contribution is 2.25. The molecule has 1 aliphatic heterocycles. The van der Waals surface area contributed by atoms with Crippen molar-refractivity contribution in [1.82, 2.24) is 15.3 Å². The number of anilines is 2. The van der Waals surface area contributed by atoms with Gasteiger partial charge in [-0.25, -0.2) is 4.98 Å². The highest BCUT2D eigenvalue weighted by Gasteiger charge is 2.23. The zero-order valence-corrected chi connectivity index (χ0v) is 18.0. The largest absolute Gasteiger partial charge is 0.480 e. The molecule has 0 spiro atoms. The summed E-state index contributed by atoms with van der Waals surface area (Å²) in [6, 6.07) is 6.53. The van der Waals surface area contributed by atoms with E-state index in [9.17, 15) is 4.79 Å². The third-order valence-corrected chi connectivity index (χ3v) is 5.65. The van der Waals surface area contributed by atoms with Crippen molar-refractivity contribution in [3.8, 4) is 5.88 Å². The number of aromatic nitrogens is 2. The third kappa shape index (κ3) is 4.60. The zero-order valence-electron chi connectivity index (χ0n) is 18.0. The summed E-state index contributed by atoms with van der Waals surface area (Å²) in [6.07, 6.45) is 2.42. The van der Waals surface area contributed by atoms with Crippen molar-refractivity contribution in [3.63, 3.8) is 0 Å². The minimum atomic E-state index is -0.206. The second-order valence-corrected chi connectivity index (χ2v) is 7.57. The summed E-state index contributed by atoms with van der Waals surface area (Å²) in [5.41, 5.74) is 4.30. The Kier molecular flexibility index (Phi) is 6.56. The lowest BCUT2D eigenvalue weighted by atomic mass is 10.1. The Labute approximate surface area is 173 Å². The number of hydrogen-bond acceptors (Lipinski definition) is 6. The molecule has 0 aliphatic carbocycles. The van der Waals surface area contributed by atoms with Crippen LogP contribution in [-0.4, -0.2) is 55.2 Å². The van der Waals surface area contributed by atoms with E-state index in [0.717, 1.165) is 32.6 Å². The molecule has 29 heavy (non-hydrogen) atoms. The molecule has 0 radical (unpaired) electrons. The SMILES string of the molecule is CCC(C)NC(=O)c1cnc(N2CCN(c3cccc(C)c3C)CC2)nc1OC. The lowest BCUT2D eigenvalue weighted by Gasteiger charge is -2.37. The number of nitrogens with one attached hydrogen (secondary N) is 1. The van der Waals surface area contributed by atoms with E-state index >= 15 is 0 Å². The Balaban J connectivity index is 1.70. The normalized spacial score (nSPS) is 15.2. The molecular formula is C22H31N5O2. The summed E-state index contributed by atoms with van der Waals surface area (Å²) < 4.78 is 5.38. The van der Waals surface area contributed by atoms with Crippen LogP contribution in [0.25, 0.3) is 0 Å². The van der Waals surface area contributed by atoms with Gasteiger partial charge in [0.2, 0.25) is 11.8 Å². The number of hydrogen-bond donors (Lipinski definition) is 1. The van der Waals surface area contributed by atoms with E-state index in [0.29, 0.717) is 17.4 Å². The summed E-state index contributed by atoms with van der Waals surface area (Å²) in [7, 11) is 1.53. The Hall–Kier alpha value is -2.83. The molecule has 2 aromatic rings. The van der Waals surface area contributed by atoms with Gasteiger partial charge in [0.1, 0.15) is 5.56 Å². The predicted molar refractivity (Wildman–Crippen MR) is 116 cm³/mol. The molecule has 1 aromatic carbocycles. The molecule has 7 nitrogen and oxygen atoms in total. The van der Waals surface area contributed by atoms with Crippen LogP contribution >= 0.6 is 0 Å². The number of benzene rings is 1. The number of rotatable bonds is 6. The molecule has 1 amide bonds. The van der Waals surface area contributed by atoms with Crippen LogP contribution in [0.1, 0.15) is 41.8 Å². The van der Waals surface area contributed by atoms with Gasteiger partial charge < -0.3 is 19.9 Å². The van der Waals surface area contributed by atoms with Gasteiger partial charge in [-0.05, 0) is 44.4 Å². The Bertz CT molecular complexity index is 862. The van der Waals surface area contributed by atoms with Crippen molar-refractivity contribution < 1.29 is 9.53 Å². The van der Waals surface area contributed by atoms with E-state index in [1.807, 2.05) is 13.8 Å². The minimum Gasteiger partial charge on any atom is -0.480 e. The number of carbonyl (C=O) groups is 1. The van der Waals surface area contributed by atoms with Gasteiger partial charge in [-0.3, -0.25) is 4.79 Å². The van der Waals surface area contributed by atoms with Gasteiger partial charge in [0, 0.05) is 44.1 Å². The smallest absolute Gasteiger partial charge is 0.258 e. The molecule has 156 valence electrons. The number of amides is 1. The molecule has 1 atom stereocenters. The van der Waals surface area contributed by atoms with Gasteiger partial charge in [0.15, 0.2) is 0 Å². The van der Waals surface area contributed by atoms with E-state index in [1.165, 1.54) is 23.9 Å². The van der Waals surface area contributed by atoms with Crippen LogP contribution in [0.4, 0.5) is 11.6 Å². The standard InChI is InChI=1S/C22H31N5O2/c1-6-16(3)24-20(28)18-14-23-22(25-21(18)29-5)27-12-10-26(11-13-27)19-9-7-8-15(2)17(19)4/h7-9,14,16H,6,10-13H2,1-5H3,(H,24,28). The number of piperazine rings is 1. The average molecular weight is 398 g/mol. The number of methoxy groups -OCH3 is 1. The fraction of sp³-hybridized carbons (Fsp3) is 0.500. The van der Waals surface area contributed by atoms with Crippen LogP contribution in [0.5, 0.6) is 5.88 Å². The molecule has 1 aliphatic rings. The molecule has 1 fully saturated rings. The Morgan fingerprint density at radius 2 is 1.90 bits per heavy atom. The first-order valence-corrected chi connectivity index (χ1v) is 10.2. The van der Waals surface area contributed by atoms with Crippen LogP contribution in [0.2, 0.25) is 0 Å². The lowest BCUT2D eigenvalue weighted by Crippen LogP contribution is -2.47. The van der Waals surface area contributed by atoms with Gasteiger partial charge in [0.05, 0.1) is 7.11 Å². The van der Waals surface area contributed by atoms with Crippen molar-refractivity contribution in [3.05, 3.63) is 41.1 Å². The second kappa shape index (κ2) is 9.11. The van der Waals surface area contributed by atoms with E-state index in [1.54, 1.807) is 6.20 Å². The summed E-state index contributed by atoms with van der Waals surface area (Å²) in [6.45, 7) is 11.7. The van der Waals surface area contributed by atoms with E-state index in [4.69, 9.17) is 4.74 Å². The first-order valence-electron chi connectivity index (χ1n) is 10.2. The molecule has 1 unspecified atom stereocenters. The van der Waals surface area contributed by atoms with Crippen molar-refractivity contribution in [2.45, 2.75) is 40.2 Å². The monoisotopic (exact) mass is 397 g/mol. The van der Waals surface area contributed by atoms with E-state index in [-0.39, 0.29) is 11.9 Å². The first-order chi connectivity index (χ1) is 13.9. The maximum Gasteiger partial charge on any atom is 0.258 e. The van der Waals surface area contributed by atoms with Gasteiger partial charge in [-0.15, -0.1) is 0 Å². The summed E-state index contributed by atoms with van der Waals surface area (Å²) >= 11 is 0. The van der Waals surface area contributed by atoms with Crippen LogP contribution in [-0.2, 0) is 0 Å². The number of ether oxygens (including phenoxy) is 1. The fourth-order valence-corrected chi connectivity index (χ4v) is 3.45. The average Bonchev–Trinajstić information content (AvgIpc) is 2.75. The second-order valence-electron chi connectivity index (χ2n) is 7.57. The van der Waals surface area contributed by atoms with Gasteiger partial charge in [0.25, 0.3) is 5.91 Å². The van der Waals surface area contributed by atoms with E-state index < -0.39 is 0 Å². The Morgan fingerprint density at radius 3 is 2.55 bits per heavy atom. The molecule has 3 rings (SSSR count). The molecule has 0 bridgehead atoms. The van der Waals surface area contributed by atoms with Crippen LogP contribution in [0, 0.1) is 13.8 Å². The van der Waals surface area contributed by atoms with Crippen LogP contribution in [0.3, 0.4) is 0 Å². The third-order valence-electron chi connectivity index (χ3n) is 5.65. The lowest BCUT2D eigenvalue weighted by molar-refractivity contribution is 0.0935. The predicted octanol–water partition coefficient (Wildman–Crippen LogP) is 2.96. The molecule has 1 aromatic heterocycles. The number of nitrogens with zero attached hydrogens (tertiary/aromatic N) is 4. The highest BCUT2D eigenvalue weighted by molar-refractivity contribution is 5.96. The zero-order chi connectivity index (χ0) is 21.0. The van der Waals surface area contributed by atoms with Gasteiger partial charge >= 0.3 is 0 Å². The number of aryl methyl sites for hydroxylation is 1. The maximum absolute atomic E-state index is 12.4. The topological polar surface area (TPSA) is 70.6 Å². The van der Waals surface area contributed by atoms with Crippen LogP contribution in [0.15, 0.2) is 24.4 Å². The maximum atomic E-state index is 12.4. The fourth-order valence-electron chi connectivity index (χ4n) is 3.45. The van der Waals surface area contributed by atoms with Gasteiger partial charge in [-0.1, -0.05) is 19.1 Å². The van der Waals surface area contributed by atoms with Crippen LogP contribution < -0.4 is 19.9 Å².